The molecule has 13 heavy (non-hydrogen) atoms. The molecule has 1 aliphatic heterocycles. The molecule has 1 fully saturated rings. The maximum atomic E-state index is 10.9. The first kappa shape index (κ1) is 10.5. The summed E-state index contributed by atoms with van der Waals surface area (Å²) in [4.78, 5) is 10.9. The van der Waals surface area contributed by atoms with E-state index in [4.69, 9.17) is 0 Å². The van der Waals surface area contributed by atoms with E-state index in [-0.39, 0.29) is 5.91 Å². The molecule has 0 saturated carbocycles. The molecule has 0 aromatic heterocycles. The largest absolute Gasteiger partial charge is 0.355 e. The Hall–Kier alpha value is -0.570. The molecule has 1 heterocycles. The second-order valence-corrected chi connectivity index (χ2v) is 4.18. The normalized spacial score (nSPS) is 23.3. The lowest BCUT2D eigenvalue weighted by Gasteiger charge is -2.23. The third-order valence-electron chi connectivity index (χ3n) is 2.42. The molecule has 1 rings (SSSR count). The van der Waals surface area contributed by atoms with Gasteiger partial charge in [0.05, 0.1) is 0 Å². The van der Waals surface area contributed by atoms with Crippen LogP contribution in [0.15, 0.2) is 0 Å². The fraction of sp³-hybridized carbons (Fsp3) is 0.900. The van der Waals surface area contributed by atoms with E-state index in [1.165, 1.54) is 6.42 Å². The molecule has 3 nitrogen and oxygen atoms in total. The third-order valence-corrected chi connectivity index (χ3v) is 2.42. The fourth-order valence-electron chi connectivity index (χ4n) is 1.48. The topological polar surface area (TPSA) is 41.1 Å². The summed E-state index contributed by atoms with van der Waals surface area (Å²) in [6.45, 7) is 6.32. The van der Waals surface area contributed by atoms with Gasteiger partial charge in [0.15, 0.2) is 0 Å². The van der Waals surface area contributed by atoms with Gasteiger partial charge >= 0.3 is 0 Å². The molecule has 0 aromatic rings. The molecule has 0 aliphatic carbocycles. The van der Waals surface area contributed by atoms with Crippen LogP contribution in [-0.2, 0) is 4.79 Å². The molecule has 1 aliphatic rings. The molecule has 2 N–H and O–H groups in total. The van der Waals surface area contributed by atoms with Gasteiger partial charge in [0.2, 0.25) is 5.91 Å². The van der Waals surface area contributed by atoms with Crippen LogP contribution in [0, 0.1) is 5.92 Å². The van der Waals surface area contributed by atoms with Crippen molar-refractivity contribution in [1.82, 2.24) is 10.6 Å². The van der Waals surface area contributed by atoms with Crippen LogP contribution in [0.25, 0.3) is 0 Å². The zero-order valence-corrected chi connectivity index (χ0v) is 8.60. The van der Waals surface area contributed by atoms with Crippen molar-refractivity contribution >= 4 is 5.91 Å². The summed E-state index contributed by atoms with van der Waals surface area (Å²) < 4.78 is 0. The summed E-state index contributed by atoms with van der Waals surface area (Å²) >= 11 is 0. The van der Waals surface area contributed by atoms with E-state index in [0.717, 1.165) is 25.4 Å². The molecule has 0 spiro atoms. The Morgan fingerprint density at radius 3 is 2.92 bits per heavy atom. The van der Waals surface area contributed by atoms with Gasteiger partial charge in [-0.25, -0.2) is 0 Å². The van der Waals surface area contributed by atoms with Crippen LogP contribution in [0.3, 0.4) is 0 Å². The number of rotatable bonds is 4. The average molecular weight is 184 g/mol. The molecule has 3 heteroatoms. The molecular formula is C10H20N2O. The molecule has 76 valence electrons. The monoisotopic (exact) mass is 184 g/mol. The van der Waals surface area contributed by atoms with Crippen molar-refractivity contribution in [2.45, 2.75) is 39.2 Å². The predicted molar refractivity (Wildman–Crippen MR) is 53.5 cm³/mol. The van der Waals surface area contributed by atoms with Crippen molar-refractivity contribution in [3.05, 3.63) is 0 Å². The molecule has 1 atom stereocenters. The maximum absolute atomic E-state index is 10.9. The van der Waals surface area contributed by atoms with E-state index < -0.39 is 0 Å². The van der Waals surface area contributed by atoms with E-state index in [9.17, 15) is 4.79 Å². The number of hydrogen-bond acceptors (Lipinski definition) is 2. The minimum atomic E-state index is 0.196. The van der Waals surface area contributed by atoms with E-state index in [0.29, 0.717) is 12.5 Å². The van der Waals surface area contributed by atoms with Crippen molar-refractivity contribution in [2.24, 2.45) is 5.92 Å². The van der Waals surface area contributed by atoms with Gasteiger partial charge in [0, 0.05) is 19.0 Å². The lowest BCUT2D eigenvalue weighted by molar-refractivity contribution is -0.122. The van der Waals surface area contributed by atoms with E-state index in [1.54, 1.807) is 0 Å². The Bertz CT molecular complexity index is 158. The van der Waals surface area contributed by atoms with E-state index in [2.05, 4.69) is 24.5 Å². The Morgan fingerprint density at radius 2 is 2.38 bits per heavy atom. The average Bonchev–Trinajstić information content (AvgIpc) is 2.08. The third kappa shape index (κ3) is 4.27. The van der Waals surface area contributed by atoms with Crippen molar-refractivity contribution < 1.29 is 4.79 Å². The van der Waals surface area contributed by atoms with Crippen LogP contribution in [0.1, 0.15) is 33.1 Å². The minimum Gasteiger partial charge on any atom is -0.355 e. The number of amides is 1. The van der Waals surface area contributed by atoms with Gasteiger partial charge in [-0.3, -0.25) is 4.79 Å². The highest BCUT2D eigenvalue weighted by atomic mass is 16.1. The quantitative estimate of drug-likeness (QED) is 0.681. The number of hydrogen-bond donors (Lipinski definition) is 2. The fourth-order valence-corrected chi connectivity index (χ4v) is 1.48. The SMILES string of the molecule is CC(C)CCNC1CCC(=O)NC1. The second-order valence-electron chi connectivity index (χ2n) is 4.18. The Balaban J connectivity index is 2.05. The smallest absolute Gasteiger partial charge is 0.220 e. The van der Waals surface area contributed by atoms with Gasteiger partial charge in [-0.2, -0.15) is 0 Å². The number of piperidine rings is 1. The van der Waals surface area contributed by atoms with Gasteiger partial charge in [-0.1, -0.05) is 13.8 Å². The first-order chi connectivity index (χ1) is 6.18. The minimum absolute atomic E-state index is 0.196. The first-order valence-electron chi connectivity index (χ1n) is 5.18. The number of nitrogens with one attached hydrogen (secondary N) is 2. The Labute approximate surface area is 80.3 Å². The highest BCUT2D eigenvalue weighted by Gasteiger charge is 2.16. The zero-order chi connectivity index (χ0) is 9.68. The van der Waals surface area contributed by atoms with Gasteiger partial charge in [0.25, 0.3) is 0 Å². The molecule has 1 saturated heterocycles. The van der Waals surface area contributed by atoms with Crippen LogP contribution >= 0.6 is 0 Å². The molecule has 0 aromatic carbocycles. The predicted octanol–water partition coefficient (Wildman–Crippen LogP) is 0.901. The lowest BCUT2D eigenvalue weighted by Crippen LogP contribution is -2.46. The number of carbonyl (C=O) groups excluding carboxylic acids is 1. The Kier molecular flexibility index (Phi) is 4.22. The summed E-state index contributed by atoms with van der Waals surface area (Å²) in [6, 6.07) is 0.497. The maximum Gasteiger partial charge on any atom is 0.220 e. The van der Waals surface area contributed by atoms with Gasteiger partial charge < -0.3 is 10.6 Å². The molecule has 0 bridgehead atoms. The number of carbonyl (C=O) groups is 1. The Morgan fingerprint density at radius 1 is 1.62 bits per heavy atom. The van der Waals surface area contributed by atoms with Crippen molar-refractivity contribution in [3.8, 4) is 0 Å². The summed E-state index contributed by atoms with van der Waals surface area (Å²) in [7, 11) is 0. The van der Waals surface area contributed by atoms with Gasteiger partial charge in [-0.05, 0) is 25.3 Å². The highest BCUT2D eigenvalue weighted by molar-refractivity contribution is 5.76. The molecule has 0 radical (unpaired) electrons. The summed E-state index contributed by atoms with van der Waals surface area (Å²) in [5.41, 5.74) is 0. The summed E-state index contributed by atoms with van der Waals surface area (Å²) in [5.74, 6) is 0.951. The lowest BCUT2D eigenvalue weighted by atomic mass is 10.1. The van der Waals surface area contributed by atoms with Crippen molar-refractivity contribution in [1.29, 1.82) is 0 Å². The first-order valence-corrected chi connectivity index (χ1v) is 5.18. The van der Waals surface area contributed by atoms with Crippen LogP contribution in [0.4, 0.5) is 0 Å². The summed E-state index contributed by atoms with van der Waals surface area (Å²) in [5, 5.41) is 6.33. The molecule has 1 amide bonds. The second kappa shape index (κ2) is 5.22. The summed E-state index contributed by atoms with van der Waals surface area (Å²) in [6.07, 6.45) is 2.88. The highest BCUT2D eigenvalue weighted by Crippen LogP contribution is 2.03. The van der Waals surface area contributed by atoms with Crippen molar-refractivity contribution in [2.75, 3.05) is 13.1 Å². The molecule has 1 unspecified atom stereocenters. The van der Waals surface area contributed by atoms with E-state index in [1.807, 2.05) is 0 Å². The van der Waals surface area contributed by atoms with Crippen LogP contribution in [0.5, 0.6) is 0 Å². The molecular weight excluding hydrogens is 164 g/mol. The van der Waals surface area contributed by atoms with Crippen LogP contribution in [0.2, 0.25) is 0 Å². The van der Waals surface area contributed by atoms with Gasteiger partial charge in [0.1, 0.15) is 0 Å². The van der Waals surface area contributed by atoms with Crippen molar-refractivity contribution in [3.63, 3.8) is 0 Å². The zero-order valence-electron chi connectivity index (χ0n) is 8.60. The van der Waals surface area contributed by atoms with Crippen LogP contribution in [-0.4, -0.2) is 25.0 Å². The van der Waals surface area contributed by atoms with E-state index >= 15 is 0 Å². The van der Waals surface area contributed by atoms with Gasteiger partial charge in [-0.15, -0.1) is 0 Å². The standard InChI is InChI=1S/C10H20N2O/c1-8(2)5-6-11-9-3-4-10(13)12-7-9/h8-9,11H,3-7H2,1-2H3,(H,12,13). The van der Waals surface area contributed by atoms with Crippen LogP contribution < -0.4 is 10.6 Å².